The molecule has 1 heterocycles. The van der Waals surface area contributed by atoms with Crippen molar-refractivity contribution in [2.24, 2.45) is 5.73 Å². The Morgan fingerprint density at radius 3 is 3.07 bits per heavy atom. The zero-order valence-corrected chi connectivity index (χ0v) is 9.79. The average Bonchev–Trinajstić information content (AvgIpc) is 2.50. The van der Waals surface area contributed by atoms with Gasteiger partial charge in [0, 0.05) is 16.7 Å². The van der Waals surface area contributed by atoms with Gasteiger partial charge in [-0.15, -0.1) is 11.8 Å². The van der Waals surface area contributed by atoms with Crippen LogP contribution < -0.4 is 5.73 Å². The van der Waals surface area contributed by atoms with Crippen LogP contribution in [0.2, 0.25) is 5.02 Å². The molecular weight excluding hydrogens is 214 g/mol. The largest absolute Gasteiger partial charge is 0.328 e. The van der Waals surface area contributed by atoms with E-state index >= 15 is 0 Å². The maximum Gasteiger partial charge on any atom is 0.0547 e. The Morgan fingerprint density at radius 2 is 2.36 bits per heavy atom. The molecule has 0 amide bonds. The van der Waals surface area contributed by atoms with Gasteiger partial charge in [0.25, 0.3) is 0 Å². The highest BCUT2D eigenvalue weighted by Crippen LogP contribution is 2.38. The molecule has 0 saturated carbocycles. The van der Waals surface area contributed by atoms with Crippen LogP contribution in [0.4, 0.5) is 0 Å². The molecule has 0 saturated heterocycles. The Hall–Kier alpha value is -0.180. The highest BCUT2D eigenvalue weighted by molar-refractivity contribution is 7.99. The van der Waals surface area contributed by atoms with Gasteiger partial charge in [-0.05, 0) is 37.0 Å². The minimum absolute atomic E-state index is 0.207. The summed E-state index contributed by atoms with van der Waals surface area (Å²) in [6.07, 6.45) is 2.06. The lowest BCUT2D eigenvalue weighted by molar-refractivity contribution is 0.737. The summed E-state index contributed by atoms with van der Waals surface area (Å²) < 4.78 is 0. The van der Waals surface area contributed by atoms with E-state index in [-0.39, 0.29) is 6.04 Å². The van der Waals surface area contributed by atoms with Crippen LogP contribution in [0.25, 0.3) is 0 Å². The van der Waals surface area contributed by atoms with Gasteiger partial charge < -0.3 is 5.73 Å². The number of benzene rings is 1. The number of aryl methyl sites for hydroxylation is 1. The lowest BCUT2D eigenvalue weighted by Crippen LogP contribution is -2.17. The van der Waals surface area contributed by atoms with Gasteiger partial charge in [0.15, 0.2) is 0 Å². The molecule has 3 heteroatoms. The molecule has 1 aliphatic heterocycles. The van der Waals surface area contributed by atoms with Crippen LogP contribution in [0.3, 0.4) is 0 Å². The van der Waals surface area contributed by atoms with Crippen LogP contribution in [0, 0.1) is 0 Å². The zero-order chi connectivity index (χ0) is 10.1. The summed E-state index contributed by atoms with van der Waals surface area (Å²) in [5.74, 6) is 1.16. The summed E-state index contributed by atoms with van der Waals surface area (Å²) in [5.41, 5.74) is 8.44. The summed E-state index contributed by atoms with van der Waals surface area (Å²) in [4.78, 5) is 1.28. The quantitative estimate of drug-likeness (QED) is 0.841. The van der Waals surface area contributed by atoms with Gasteiger partial charge in [-0.25, -0.2) is 0 Å². The first-order chi connectivity index (χ1) is 6.66. The third-order valence-corrected chi connectivity index (χ3v) is 3.94. The zero-order valence-electron chi connectivity index (χ0n) is 8.22. The molecule has 0 spiro atoms. The fourth-order valence-corrected chi connectivity index (χ4v) is 3.31. The van der Waals surface area contributed by atoms with E-state index in [1.54, 1.807) is 0 Å². The summed E-state index contributed by atoms with van der Waals surface area (Å²) in [7, 11) is 0. The van der Waals surface area contributed by atoms with Gasteiger partial charge in [0.1, 0.15) is 0 Å². The molecule has 0 aliphatic carbocycles. The topological polar surface area (TPSA) is 26.0 Å². The third-order valence-electron chi connectivity index (χ3n) is 2.36. The van der Waals surface area contributed by atoms with Crippen molar-refractivity contribution in [1.29, 1.82) is 0 Å². The first-order valence-electron chi connectivity index (χ1n) is 4.86. The molecule has 1 aromatic rings. The molecule has 0 radical (unpaired) electrons. The van der Waals surface area contributed by atoms with E-state index in [9.17, 15) is 0 Å². The molecule has 0 aromatic heterocycles. The van der Waals surface area contributed by atoms with Crippen LogP contribution in [0.5, 0.6) is 0 Å². The van der Waals surface area contributed by atoms with Crippen molar-refractivity contribution in [3.8, 4) is 0 Å². The first-order valence-corrected chi connectivity index (χ1v) is 6.23. The fraction of sp³-hybridized carbons (Fsp3) is 0.455. The lowest BCUT2D eigenvalue weighted by atomic mass is 10.0. The molecule has 1 unspecified atom stereocenters. The van der Waals surface area contributed by atoms with Gasteiger partial charge in [-0.2, -0.15) is 0 Å². The predicted molar refractivity (Wildman–Crippen MR) is 63.2 cm³/mol. The van der Waals surface area contributed by atoms with E-state index in [1.807, 2.05) is 18.7 Å². The monoisotopic (exact) mass is 227 g/mol. The molecule has 1 nitrogen and oxygen atoms in total. The van der Waals surface area contributed by atoms with Crippen molar-refractivity contribution < 1.29 is 0 Å². The van der Waals surface area contributed by atoms with E-state index in [0.717, 1.165) is 23.6 Å². The Morgan fingerprint density at radius 1 is 1.57 bits per heavy atom. The molecular formula is C11H14ClNS. The number of rotatable bonds is 2. The van der Waals surface area contributed by atoms with Crippen molar-refractivity contribution in [3.05, 3.63) is 28.3 Å². The Balaban J connectivity index is 2.32. The smallest absolute Gasteiger partial charge is 0.0547 e. The summed E-state index contributed by atoms with van der Waals surface area (Å²) in [6, 6.07) is 4.52. The molecule has 2 rings (SSSR count). The van der Waals surface area contributed by atoms with Crippen LogP contribution in [0.15, 0.2) is 17.0 Å². The molecule has 1 atom stereocenters. The van der Waals surface area contributed by atoms with Crippen molar-refractivity contribution in [3.63, 3.8) is 0 Å². The summed E-state index contributed by atoms with van der Waals surface area (Å²) in [5, 5.41) is 0.903. The molecule has 14 heavy (non-hydrogen) atoms. The fourth-order valence-electron chi connectivity index (χ4n) is 1.81. The van der Waals surface area contributed by atoms with E-state index in [0.29, 0.717) is 0 Å². The average molecular weight is 228 g/mol. The number of nitrogens with two attached hydrogens (primary N) is 1. The number of hydrogen-bond donors (Lipinski definition) is 1. The molecule has 0 bridgehead atoms. The minimum atomic E-state index is 0.207. The Bertz CT molecular complexity index is 349. The van der Waals surface area contributed by atoms with Gasteiger partial charge in [-0.1, -0.05) is 17.7 Å². The lowest BCUT2D eigenvalue weighted by Gasteiger charge is -2.08. The highest BCUT2D eigenvalue weighted by Gasteiger charge is 2.16. The maximum atomic E-state index is 6.20. The molecule has 1 aliphatic rings. The number of fused-ring (bicyclic) bond motifs is 1. The maximum absolute atomic E-state index is 6.20. The number of thioether (sulfide) groups is 1. The predicted octanol–water partition coefficient (Wildman–Crippen LogP) is 2.88. The van der Waals surface area contributed by atoms with E-state index in [1.165, 1.54) is 16.0 Å². The van der Waals surface area contributed by atoms with Crippen molar-refractivity contribution >= 4 is 23.4 Å². The second kappa shape index (κ2) is 4.13. The summed E-state index contributed by atoms with van der Waals surface area (Å²) in [6.45, 7) is 2.02. The first kappa shape index (κ1) is 10.3. The molecule has 76 valence electrons. The van der Waals surface area contributed by atoms with E-state index in [4.69, 9.17) is 17.3 Å². The highest BCUT2D eigenvalue weighted by atomic mass is 35.5. The van der Waals surface area contributed by atoms with Crippen LogP contribution in [0.1, 0.15) is 18.1 Å². The van der Waals surface area contributed by atoms with E-state index < -0.39 is 0 Å². The molecule has 2 N–H and O–H groups in total. The van der Waals surface area contributed by atoms with Crippen molar-refractivity contribution in [1.82, 2.24) is 0 Å². The minimum Gasteiger partial charge on any atom is -0.328 e. The van der Waals surface area contributed by atoms with Crippen molar-refractivity contribution in [2.75, 3.05) is 5.75 Å². The van der Waals surface area contributed by atoms with Crippen molar-refractivity contribution in [2.45, 2.75) is 30.7 Å². The Kier molecular flexibility index (Phi) is 3.05. The van der Waals surface area contributed by atoms with E-state index in [2.05, 4.69) is 12.1 Å². The normalized spacial score (nSPS) is 16.8. The Labute approximate surface area is 94.0 Å². The second-order valence-corrected chi connectivity index (χ2v) is 5.36. The van der Waals surface area contributed by atoms with Gasteiger partial charge >= 0.3 is 0 Å². The second-order valence-electron chi connectivity index (χ2n) is 3.85. The van der Waals surface area contributed by atoms with Crippen LogP contribution in [-0.4, -0.2) is 11.8 Å². The van der Waals surface area contributed by atoms with Gasteiger partial charge in [0.05, 0.1) is 5.02 Å². The SMILES string of the molecule is CC(N)Cc1cc(Cl)c2c(c1)CCS2. The van der Waals surface area contributed by atoms with Crippen LogP contribution in [-0.2, 0) is 12.8 Å². The van der Waals surface area contributed by atoms with Gasteiger partial charge in [0.2, 0.25) is 0 Å². The summed E-state index contributed by atoms with van der Waals surface area (Å²) >= 11 is 8.06. The molecule has 1 aromatic carbocycles. The number of hydrogen-bond acceptors (Lipinski definition) is 2. The number of halogens is 1. The standard InChI is InChI=1S/C11H14ClNS/c1-7(13)4-8-5-9-2-3-14-11(9)10(12)6-8/h5-7H,2-4,13H2,1H3. The van der Waals surface area contributed by atoms with Gasteiger partial charge in [-0.3, -0.25) is 0 Å². The molecule has 0 fully saturated rings. The van der Waals surface area contributed by atoms with Crippen LogP contribution >= 0.6 is 23.4 Å². The third kappa shape index (κ3) is 2.08.